The first-order valence-corrected chi connectivity index (χ1v) is 7.60. The number of fused-ring (bicyclic) bond motifs is 1. The molecule has 1 heterocycles. The molecule has 2 N–H and O–H groups in total. The third-order valence-electron chi connectivity index (χ3n) is 3.41. The molecule has 5 heteroatoms. The number of hydrogen-bond acceptors (Lipinski definition) is 2. The Morgan fingerprint density at radius 2 is 2.05 bits per heavy atom. The number of hydrogen-bond donors (Lipinski definition) is 1. The average molecular weight is 348 g/mol. The van der Waals surface area contributed by atoms with Gasteiger partial charge in [0.15, 0.2) is 0 Å². The molecule has 0 radical (unpaired) electrons. The molecule has 3 nitrogen and oxygen atoms in total. The molecule has 0 spiro atoms. The molecule has 0 aliphatic heterocycles. The van der Waals surface area contributed by atoms with Crippen LogP contribution in [0, 0.1) is 5.82 Å². The van der Waals surface area contributed by atoms with Crippen LogP contribution in [0.15, 0.2) is 40.9 Å². The summed E-state index contributed by atoms with van der Waals surface area (Å²) < 4.78 is 16.4. The minimum absolute atomic E-state index is 0.248. The van der Waals surface area contributed by atoms with E-state index in [1.165, 1.54) is 12.1 Å². The van der Waals surface area contributed by atoms with Crippen molar-refractivity contribution in [2.24, 2.45) is 0 Å². The van der Waals surface area contributed by atoms with E-state index >= 15 is 0 Å². The molecule has 0 atom stereocenters. The molecule has 0 bridgehead atoms. The fraction of sp³-hybridized carbons (Fsp3) is 0.188. The normalized spacial score (nSPS) is 11.2. The predicted octanol–water partition coefficient (Wildman–Crippen LogP) is 4.60. The summed E-state index contributed by atoms with van der Waals surface area (Å²) in [5.74, 6) is 0.568. The van der Waals surface area contributed by atoms with Crippen molar-refractivity contribution >= 4 is 32.7 Å². The van der Waals surface area contributed by atoms with E-state index in [2.05, 4.69) is 27.8 Å². The van der Waals surface area contributed by atoms with E-state index in [-0.39, 0.29) is 5.82 Å². The maximum absolute atomic E-state index is 13.5. The van der Waals surface area contributed by atoms with Crippen LogP contribution in [-0.2, 0) is 6.54 Å². The Balaban J connectivity index is 2.25. The molecule has 1 aromatic heterocycles. The van der Waals surface area contributed by atoms with Crippen molar-refractivity contribution in [3.63, 3.8) is 0 Å². The standard InChI is InChI=1S/C16H15BrFN3/c1-2-7-21-15-9-11(18)4-6-14(15)20-16(21)10-3-5-12(17)13(19)8-10/h3-6,8-9H,2,7,19H2,1H3. The molecule has 0 aliphatic carbocycles. The van der Waals surface area contributed by atoms with E-state index in [0.29, 0.717) is 5.69 Å². The Labute approximate surface area is 130 Å². The average Bonchev–Trinajstić information content (AvgIpc) is 2.81. The molecule has 0 amide bonds. The predicted molar refractivity (Wildman–Crippen MR) is 87.5 cm³/mol. The highest BCUT2D eigenvalue weighted by atomic mass is 79.9. The van der Waals surface area contributed by atoms with Crippen molar-refractivity contribution < 1.29 is 4.39 Å². The van der Waals surface area contributed by atoms with Crippen LogP contribution in [0.3, 0.4) is 0 Å². The van der Waals surface area contributed by atoms with Crippen LogP contribution in [0.5, 0.6) is 0 Å². The van der Waals surface area contributed by atoms with E-state index in [1.807, 2.05) is 22.8 Å². The van der Waals surface area contributed by atoms with Gasteiger partial charge in [-0.1, -0.05) is 6.92 Å². The van der Waals surface area contributed by atoms with Gasteiger partial charge in [-0.05, 0) is 58.7 Å². The summed E-state index contributed by atoms with van der Waals surface area (Å²) in [4.78, 5) is 4.64. The Morgan fingerprint density at radius 1 is 1.24 bits per heavy atom. The largest absolute Gasteiger partial charge is 0.398 e. The Hall–Kier alpha value is -1.88. The third-order valence-corrected chi connectivity index (χ3v) is 4.13. The van der Waals surface area contributed by atoms with Crippen molar-refractivity contribution in [2.75, 3.05) is 5.73 Å². The number of anilines is 1. The van der Waals surface area contributed by atoms with Crippen molar-refractivity contribution in [3.05, 3.63) is 46.7 Å². The fourth-order valence-electron chi connectivity index (χ4n) is 2.45. The lowest BCUT2D eigenvalue weighted by atomic mass is 10.2. The number of benzene rings is 2. The van der Waals surface area contributed by atoms with E-state index in [0.717, 1.165) is 39.9 Å². The summed E-state index contributed by atoms with van der Waals surface area (Å²) in [5.41, 5.74) is 9.15. The number of rotatable bonds is 3. The smallest absolute Gasteiger partial charge is 0.141 e. The lowest BCUT2D eigenvalue weighted by Crippen LogP contribution is -2.00. The monoisotopic (exact) mass is 347 g/mol. The number of imidazole rings is 1. The van der Waals surface area contributed by atoms with Gasteiger partial charge >= 0.3 is 0 Å². The Kier molecular flexibility index (Phi) is 3.68. The summed E-state index contributed by atoms with van der Waals surface area (Å²) >= 11 is 3.39. The Morgan fingerprint density at radius 3 is 2.76 bits per heavy atom. The number of nitrogens with two attached hydrogens (primary N) is 1. The fourth-order valence-corrected chi connectivity index (χ4v) is 2.70. The maximum atomic E-state index is 13.5. The van der Waals surface area contributed by atoms with E-state index < -0.39 is 0 Å². The SMILES string of the molecule is CCCn1c(-c2ccc(Br)c(N)c2)nc2ccc(F)cc21. The topological polar surface area (TPSA) is 43.8 Å². The quantitative estimate of drug-likeness (QED) is 0.703. The van der Waals surface area contributed by atoms with E-state index in [9.17, 15) is 4.39 Å². The highest BCUT2D eigenvalue weighted by Gasteiger charge is 2.13. The number of halogens is 2. The summed E-state index contributed by atoms with van der Waals surface area (Å²) in [6.45, 7) is 2.87. The molecule has 21 heavy (non-hydrogen) atoms. The number of nitrogen functional groups attached to an aromatic ring is 1. The Bertz CT molecular complexity index is 811. The van der Waals surface area contributed by atoms with Crippen LogP contribution < -0.4 is 5.73 Å². The van der Waals surface area contributed by atoms with Crippen LogP contribution in [-0.4, -0.2) is 9.55 Å². The first-order chi connectivity index (χ1) is 10.1. The number of aromatic nitrogens is 2. The zero-order chi connectivity index (χ0) is 15.0. The number of nitrogens with zero attached hydrogens (tertiary/aromatic N) is 2. The highest BCUT2D eigenvalue weighted by molar-refractivity contribution is 9.10. The third kappa shape index (κ3) is 2.53. The molecular formula is C16H15BrFN3. The van der Waals surface area contributed by atoms with Crippen LogP contribution >= 0.6 is 15.9 Å². The zero-order valence-electron chi connectivity index (χ0n) is 11.6. The van der Waals surface area contributed by atoms with Gasteiger partial charge in [-0.25, -0.2) is 9.37 Å². The second-order valence-electron chi connectivity index (χ2n) is 4.96. The summed E-state index contributed by atoms with van der Waals surface area (Å²) in [6.07, 6.45) is 0.945. The zero-order valence-corrected chi connectivity index (χ0v) is 13.2. The molecule has 3 aromatic rings. The van der Waals surface area contributed by atoms with Gasteiger partial charge < -0.3 is 10.3 Å². The molecule has 108 valence electrons. The van der Waals surface area contributed by atoms with Crippen molar-refractivity contribution in [1.29, 1.82) is 0 Å². The lowest BCUT2D eigenvalue weighted by molar-refractivity contribution is 0.627. The summed E-state index contributed by atoms with van der Waals surface area (Å²) in [6, 6.07) is 10.4. The van der Waals surface area contributed by atoms with Gasteiger partial charge in [-0.2, -0.15) is 0 Å². The summed E-state index contributed by atoms with van der Waals surface area (Å²) in [5, 5.41) is 0. The maximum Gasteiger partial charge on any atom is 0.141 e. The highest BCUT2D eigenvalue weighted by Crippen LogP contribution is 2.29. The minimum atomic E-state index is -0.248. The van der Waals surface area contributed by atoms with Crippen LogP contribution in [0.25, 0.3) is 22.4 Å². The van der Waals surface area contributed by atoms with Crippen LogP contribution in [0.4, 0.5) is 10.1 Å². The minimum Gasteiger partial charge on any atom is -0.398 e. The van der Waals surface area contributed by atoms with Crippen molar-refractivity contribution in [3.8, 4) is 11.4 Å². The molecule has 2 aromatic carbocycles. The molecule has 0 unspecified atom stereocenters. The lowest BCUT2D eigenvalue weighted by Gasteiger charge is -2.09. The van der Waals surface area contributed by atoms with Crippen LogP contribution in [0.2, 0.25) is 0 Å². The molecule has 3 rings (SSSR count). The van der Waals surface area contributed by atoms with Crippen LogP contribution in [0.1, 0.15) is 13.3 Å². The first kappa shape index (κ1) is 14.1. The number of aryl methyl sites for hydroxylation is 1. The van der Waals surface area contributed by atoms with Gasteiger partial charge in [-0.15, -0.1) is 0 Å². The molecular weight excluding hydrogens is 333 g/mol. The van der Waals surface area contributed by atoms with Gasteiger partial charge in [0, 0.05) is 22.3 Å². The van der Waals surface area contributed by atoms with Gasteiger partial charge in [0.05, 0.1) is 11.0 Å². The van der Waals surface area contributed by atoms with Gasteiger partial charge in [0.2, 0.25) is 0 Å². The van der Waals surface area contributed by atoms with E-state index in [1.54, 1.807) is 6.07 Å². The van der Waals surface area contributed by atoms with Gasteiger partial charge in [0.1, 0.15) is 11.6 Å². The molecule has 0 fully saturated rings. The second-order valence-corrected chi connectivity index (χ2v) is 5.81. The van der Waals surface area contributed by atoms with Gasteiger partial charge in [-0.3, -0.25) is 0 Å². The molecule has 0 aliphatic rings. The van der Waals surface area contributed by atoms with Crippen molar-refractivity contribution in [1.82, 2.24) is 9.55 Å². The van der Waals surface area contributed by atoms with E-state index in [4.69, 9.17) is 5.73 Å². The first-order valence-electron chi connectivity index (χ1n) is 6.81. The second kappa shape index (κ2) is 5.48. The molecule has 0 saturated heterocycles. The van der Waals surface area contributed by atoms with Crippen molar-refractivity contribution in [2.45, 2.75) is 19.9 Å². The summed E-state index contributed by atoms with van der Waals surface area (Å²) in [7, 11) is 0. The molecule has 0 saturated carbocycles. The van der Waals surface area contributed by atoms with Gasteiger partial charge in [0.25, 0.3) is 0 Å².